The number of amides is 2. The van der Waals surface area contributed by atoms with E-state index in [9.17, 15) is 9.59 Å². The van der Waals surface area contributed by atoms with Crippen LogP contribution in [0.25, 0.3) is 0 Å². The van der Waals surface area contributed by atoms with E-state index in [0.29, 0.717) is 29.4 Å². The Morgan fingerprint density at radius 2 is 1.59 bits per heavy atom. The lowest BCUT2D eigenvalue weighted by Gasteiger charge is -2.36. The Balaban J connectivity index is 1.66. The van der Waals surface area contributed by atoms with Crippen molar-refractivity contribution in [2.75, 3.05) is 36.4 Å². The van der Waals surface area contributed by atoms with E-state index >= 15 is 0 Å². The molecule has 1 aliphatic rings. The van der Waals surface area contributed by atoms with Gasteiger partial charge in [0.15, 0.2) is 0 Å². The van der Waals surface area contributed by atoms with Gasteiger partial charge < -0.3 is 15.1 Å². The fraction of sp³-hybridized carbons (Fsp3) is 0.391. The van der Waals surface area contributed by atoms with Gasteiger partial charge in [0.2, 0.25) is 5.91 Å². The van der Waals surface area contributed by atoms with E-state index in [1.165, 1.54) is 5.56 Å². The Morgan fingerprint density at radius 1 is 0.966 bits per heavy atom. The molecular weight excluding hydrogens is 386 g/mol. The molecule has 2 aromatic carbocycles. The molecule has 5 nitrogen and oxygen atoms in total. The number of piperazine rings is 1. The van der Waals surface area contributed by atoms with Crippen molar-refractivity contribution < 1.29 is 9.59 Å². The fourth-order valence-corrected chi connectivity index (χ4v) is 3.73. The maximum Gasteiger partial charge on any atom is 0.255 e. The van der Waals surface area contributed by atoms with Gasteiger partial charge in [-0.05, 0) is 41.3 Å². The number of hydrogen-bond acceptors (Lipinski definition) is 3. The van der Waals surface area contributed by atoms with Crippen molar-refractivity contribution in [2.45, 2.75) is 33.1 Å². The number of hydrogen-bond donors (Lipinski definition) is 1. The first kappa shape index (κ1) is 21.2. The third kappa shape index (κ3) is 5.10. The lowest BCUT2D eigenvalue weighted by molar-refractivity contribution is -0.129. The summed E-state index contributed by atoms with van der Waals surface area (Å²) >= 11 is 6.49. The summed E-state index contributed by atoms with van der Waals surface area (Å²) in [5, 5.41) is 3.50. The third-order valence-corrected chi connectivity index (χ3v) is 5.59. The summed E-state index contributed by atoms with van der Waals surface area (Å²) in [5.41, 5.74) is 3.42. The summed E-state index contributed by atoms with van der Waals surface area (Å²) in [5.74, 6) is -0.0614. The summed E-state index contributed by atoms with van der Waals surface area (Å²) in [7, 11) is 0. The van der Waals surface area contributed by atoms with Gasteiger partial charge in [-0.3, -0.25) is 9.59 Å². The molecule has 0 unspecified atom stereocenters. The zero-order valence-electron chi connectivity index (χ0n) is 17.5. The standard InChI is InChI=1S/C23H28ClN3O2/c1-16(28)26-11-13-27(14-12-26)21-10-9-19(15-20(21)24)25-22(29)17-5-7-18(8-6-17)23(2,3)4/h5-10,15H,11-14H2,1-4H3,(H,25,29). The number of carbonyl (C=O) groups excluding carboxylic acids is 2. The highest BCUT2D eigenvalue weighted by Crippen LogP contribution is 2.30. The number of nitrogens with one attached hydrogen (secondary N) is 1. The number of halogens is 1. The maximum atomic E-state index is 12.6. The molecule has 0 aromatic heterocycles. The minimum Gasteiger partial charge on any atom is -0.367 e. The Morgan fingerprint density at radius 3 is 2.10 bits per heavy atom. The summed E-state index contributed by atoms with van der Waals surface area (Å²) in [6.07, 6.45) is 0. The highest BCUT2D eigenvalue weighted by atomic mass is 35.5. The highest BCUT2D eigenvalue weighted by molar-refractivity contribution is 6.33. The SMILES string of the molecule is CC(=O)N1CCN(c2ccc(NC(=O)c3ccc(C(C)(C)C)cc3)cc2Cl)CC1. The second-order valence-corrected chi connectivity index (χ2v) is 8.85. The molecule has 1 heterocycles. The third-order valence-electron chi connectivity index (χ3n) is 5.28. The van der Waals surface area contributed by atoms with Crippen LogP contribution < -0.4 is 10.2 Å². The molecule has 0 aliphatic carbocycles. The van der Waals surface area contributed by atoms with Crippen molar-refractivity contribution in [2.24, 2.45) is 0 Å². The van der Waals surface area contributed by atoms with Crippen LogP contribution in [0.1, 0.15) is 43.6 Å². The molecule has 29 heavy (non-hydrogen) atoms. The van der Waals surface area contributed by atoms with Crippen LogP contribution >= 0.6 is 11.6 Å². The van der Waals surface area contributed by atoms with Crippen molar-refractivity contribution in [1.29, 1.82) is 0 Å². The van der Waals surface area contributed by atoms with Crippen LogP contribution in [0.4, 0.5) is 11.4 Å². The van der Waals surface area contributed by atoms with Gasteiger partial charge in [0.25, 0.3) is 5.91 Å². The largest absolute Gasteiger partial charge is 0.367 e. The van der Waals surface area contributed by atoms with E-state index in [1.807, 2.05) is 41.3 Å². The first-order chi connectivity index (χ1) is 13.6. The van der Waals surface area contributed by atoms with Gasteiger partial charge in [0.1, 0.15) is 0 Å². The highest BCUT2D eigenvalue weighted by Gasteiger charge is 2.20. The van der Waals surface area contributed by atoms with Crippen LogP contribution in [0.2, 0.25) is 5.02 Å². The van der Waals surface area contributed by atoms with Crippen LogP contribution in [0, 0.1) is 0 Å². The zero-order valence-corrected chi connectivity index (χ0v) is 18.2. The number of rotatable bonds is 3. The second-order valence-electron chi connectivity index (χ2n) is 8.44. The van der Waals surface area contributed by atoms with Crippen molar-refractivity contribution in [3.05, 3.63) is 58.6 Å². The van der Waals surface area contributed by atoms with Crippen molar-refractivity contribution in [1.82, 2.24) is 4.90 Å². The Bertz CT molecular complexity index is 895. The average molecular weight is 414 g/mol. The monoisotopic (exact) mass is 413 g/mol. The summed E-state index contributed by atoms with van der Waals surface area (Å²) in [6.45, 7) is 10.9. The van der Waals surface area contributed by atoms with Crippen molar-refractivity contribution in [3.8, 4) is 0 Å². The fourth-order valence-electron chi connectivity index (χ4n) is 3.43. The normalized spacial score (nSPS) is 14.7. The molecule has 0 saturated carbocycles. The molecule has 1 aliphatic heterocycles. The number of benzene rings is 2. The van der Waals surface area contributed by atoms with Gasteiger partial charge in [-0.25, -0.2) is 0 Å². The minimum atomic E-state index is -0.163. The molecule has 0 bridgehead atoms. The van der Waals surface area contributed by atoms with Gasteiger partial charge in [-0.1, -0.05) is 44.5 Å². The van der Waals surface area contributed by atoms with E-state index in [1.54, 1.807) is 13.0 Å². The van der Waals surface area contributed by atoms with Gasteiger partial charge in [-0.2, -0.15) is 0 Å². The topological polar surface area (TPSA) is 52.7 Å². The lowest BCUT2D eigenvalue weighted by Crippen LogP contribution is -2.48. The zero-order chi connectivity index (χ0) is 21.2. The van der Waals surface area contributed by atoms with Gasteiger partial charge >= 0.3 is 0 Å². The van der Waals surface area contributed by atoms with Crippen LogP contribution in [0.3, 0.4) is 0 Å². The van der Waals surface area contributed by atoms with Gasteiger partial charge in [-0.15, -0.1) is 0 Å². The van der Waals surface area contributed by atoms with Crippen LogP contribution in [0.5, 0.6) is 0 Å². The minimum absolute atomic E-state index is 0.0499. The first-order valence-corrected chi connectivity index (χ1v) is 10.2. The Labute approximate surface area is 177 Å². The number of anilines is 2. The summed E-state index contributed by atoms with van der Waals surface area (Å²) < 4.78 is 0. The summed E-state index contributed by atoms with van der Waals surface area (Å²) in [4.78, 5) is 28.1. The second kappa shape index (κ2) is 8.46. The quantitative estimate of drug-likeness (QED) is 0.802. The molecule has 2 amide bonds. The molecule has 1 fully saturated rings. The average Bonchev–Trinajstić information content (AvgIpc) is 2.67. The van der Waals surface area contributed by atoms with E-state index in [-0.39, 0.29) is 17.2 Å². The van der Waals surface area contributed by atoms with Gasteiger partial charge in [0, 0.05) is 44.4 Å². The smallest absolute Gasteiger partial charge is 0.255 e. The van der Waals surface area contributed by atoms with Gasteiger partial charge in [0.05, 0.1) is 10.7 Å². The molecule has 0 spiro atoms. The summed E-state index contributed by atoms with van der Waals surface area (Å²) in [6, 6.07) is 13.2. The number of carbonyl (C=O) groups is 2. The lowest BCUT2D eigenvalue weighted by atomic mass is 9.87. The van der Waals surface area contributed by atoms with E-state index < -0.39 is 0 Å². The van der Waals surface area contributed by atoms with Crippen molar-refractivity contribution in [3.63, 3.8) is 0 Å². The molecule has 0 atom stereocenters. The molecular formula is C23H28ClN3O2. The molecule has 3 rings (SSSR count). The molecule has 154 valence electrons. The van der Waals surface area contributed by atoms with E-state index in [2.05, 4.69) is 31.0 Å². The molecule has 6 heteroatoms. The molecule has 0 radical (unpaired) electrons. The maximum absolute atomic E-state index is 12.6. The molecule has 1 saturated heterocycles. The molecule has 1 N–H and O–H groups in total. The molecule has 2 aromatic rings. The van der Waals surface area contributed by atoms with E-state index in [0.717, 1.165) is 18.8 Å². The van der Waals surface area contributed by atoms with Crippen LogP contribution in [-0.2, 0) is 10.2 Å². The Kier molecular flexibility index (Phi) is 6.18. The first-order valence-electron chi connectivity index (χ1n) is 9.87. The number of nitrogens with zero attached hydrogens (tertiary/aromatic N) is 2. The van der Waals surface area contributed by atoms with Crippen LogP contribution in [-0.4, -0.2) is 42.9 Å². The predicted molar refractivity (Wildman–Crippen MR) is 119 cm³/mol. The predicted octanol–water partition coefficient (Wildman–Crippen LogP) is 4.56. The van der Waals surface area contributed by atoms with E-state index in [4.69, 9.17) is 11.6 Å². The van der Waals surface area contributed by atoms with Crippen LogP contribution in [0.15, 0.2) is 42.5 Å². The van der Waals surface area contributed by atoms with Crippen molar-refractivity contribution >= 4 is 34.8 Å². The Hall–Kier alpha value is -2.53.